The van der Waals surface area contributed by atoms with Gasteiger partial charge in [-0.2, -0.15) is 5.26 Å². The number of piperazine rings is 1. The van der Waals surface area contributed by atoms with E-state index in [2.05, 4.69) is 27.9 Å². The Morgan fingerprint density at radius 2 is 2.20 bits per heavy atom. The van der Waals surface area contributed by atoms with Crippen LogP contribution in [0.2, 0.25) is 0 Å². The predicted molar refractivity (Wildman–Crippen MR) is 61.1 cm³/mol. The number of likely N-dealkylation sites (N-methyl/N-ethyl adjacent to an activating group) is 1. The number of aromatic nitrogens is 1. The molecule has 5 heteroatoms. The first-order valence-corrected chi connectivity index (χ1v) is 5.92. The third kappa shape index (κ3) is 2.46. The average molecular weight is 222 g/mol. The van der Waals surface area contributed by atoms with Crippen molar-refractivity contribution in [3.05, 3.63) is 11.1 Å². The lowest BCUT2D eigenvalue weighted by molar-refractivity contribution is 0.312. The lowest BCUT2D eigenvalue weighted by atomic mass is 10.3. The molecule has 2 rings (SSSR count). The summed E-state index contributed by atoms with van der Waals surface area (Å²) in [5.41, 5.74) is 0.899. The van der Waals surface area contributed by atoms with E-state index in [-0.39, 0.29) is 0 Å². The quantitative estimate of drug-likeness (QED) is 0.747. The van der Waals surface area contributed by atoms with Crippen LogP contribution in [-0.2, 0) is 6.42 Å². The molecule has 1 saturated heterocycles. The molecule has 80 valence electrons. The minimum atomic E-state index is 0.421. The maximum Gasteiger partial charge on any atom is 0.185 e. The van der Waals surface area contributed by atoms with Gasteiger partial charge in [0.05, 0.1) is 18.2 Å². The Balaban J connectivity index is 2.00. The Kier molecular flexibility index (Phi) is 3.19. The Labute approximate surface area is 93.8 Å². The summed E-state index contributed by atoms with van der Waals surface area (Å²) in [4.78, 5) is 9.07. The summed E-state index contributed by atoms with van der Waals surface area (Å²) in [6.07, 6.45) is 0.421. The van der Waals surface area contributed by atoms with E-state index < -0.39 is 0 Å². The van der Waals surface area contributed by atoms with Gasteiger partial charge < -0.3 is 9.80 Å². The van der Waals surface area contributed by atoms with Crippen LogP contribution in [0.25, 0.3) is 0 Å². The highest BCUT2D eigenvalue weighted by Gasteiger charge is 2.16. The van der Waals surface area contributed by atoms with Gasteiger partial charge in [-0.25, -0.2) is 4.98 Å². The fraction of sp³-hybridized carbons (Fsp3) is 0.600. The molecule has 0 unspecified atom stereocenters. The number of nitriles is 1. The van der Waals surface area contributed by atoms with Gasteiger partial charge in [-0.15, -0.1) is 11.3 Å². The van der Waals surface area contributed by atoms with Crippen molar-refractivity contribution in [3.8, 4) is 6.07 Å². The minimum Gasteiger partial charge on any atom is -0.346 e. The van der Waals surface area contributed by atoms with Gasteiger partial charge >= 0.3 is 0 Å². The molecule has 0 N–H and O–H groups in total. The number of rotatable bonds is 2. The molecule has 1 aromatic heterocycles. The van der Waals surface area contributed by atoms with Gasteiger partial charge in [0.1, 0.15) is 0 Å². The van der Waals surface area contributed by atoms with Crippen LogP contribution >= 0.6 is 11.3 Å². The van der Waals surface area contributed by atoms with E-state index in [1.54, 1.807) is 11.3 Å². The lowest BCUT2D eigenvalue weighted by Crippen LogP contribution is -2.44. The molecular formula is C10H14N4S. The molecule has 0 atom stereocenters. The van der Waals surface area contributed by atoms with Crippen molar-refractivity contribution in [2.75, 3.05) is 38.1 Å². The van der Waals surface area contributed by atoms with Crippen molar-refractivity contribution in [1.82, 2.24) is 9.88 Å². The molecule has 4 nitrogen and oxygen atoms in total. The van der Waals surface area contributed by atoms with E-state index in [1.807, 2.05) is 5.38 Å². The standard InChI is InChI=1S/C10H14N4S/c1-13-4-6-14(7-5-13)10-12-9(2-3-11)8-15-10/h8H,2,4-7H2,1H3. The fourth-order valence-corrected chi connectivity index (χ4v) is 2.48. The van der Waals surface area contributed by atoms with E-state index in [4.69, 9.17) is 5.26 Å². The molecular weight excluding hydrogens is 208 g/mol. The smallest absolute Gasteiger partial charge is 0.185 e. The van der Waals surface area contributed by atoms with Crippen LogP contribution in [0.4, 0.5) is 5.13 Å². The largest absolute Gasteiger partial charge is 0.346 e. The van der Waals surface area contributed by atoms with Crippen LogP contribution in [0.15, 0.2) is 5.38 Å². The number of hydrogen-bond acceptors (Lipinski definition) is 5. The van der Waals surface area contributed by atoms with Gasteiger partial charge in [-0.05, 0) is 7.05 Å². The van der Waals surface area contributed by atoms with E-state index in [1.165, 1.54) is 0 Å². The summed E-state index contributed by atoms with van der Waals surface area (Å²) in [5.74, 6) is 0. The Bertz CT molecular complexity index is 360. The summed E-state index contributed by atoms with van der Waals surface area (Å²) in [6.45, 7) is 4.26. The molecule has 0 spiro atoms. The summed E-state index contributed by atoms with van der Waals surface area (Å²) >= 11 is 1.64. The van der Waals surface area contributed by atoms with Crippen molar-refractivity contribution < 1.29 is 0 Å². The highest BCUT2D eigenvalue weighted by molar-refractivity contribution is 7.13. The Hall–Kier alpha value is -1.12. The van der Waals surface area contributed by atoms with E-state index in [9.17, 15) is 0 Å². The third-order valence-electron chi connectivity index (χ3n) is 2.57. The van der Waals surface area contributed by atoms with Crippen LogP contribution in [0.5, 0.6) is 0 Å². The SMILES string of the molecule is CN1CCN(c2nc(CC#N)cs2)CC1. The summed E-state index contributed by atoms with van der Waals surface area (Å²) in [6, 6.07) is 2.12. The lowest BCUT2D eigenvalue weighted by Gasteiger charge is -2.32. The first kappa shape index (κ1) is 10.4. The number of thiazole rings is 1. The highest BCUT2D eigenvalue weighted by atomic mass is 32.1. The molecule has 1 aliphatic heterocycles. The van der Waals surface area contributed by atoms with Crippen molar-refractivity contribution in [3.63, 3.8) is 0 Å². The van der Waals surface area contributed by atoms with Crippen molar-refractivity contribution >= 4 is 16.5 Å². The van der Waals surface area contributed by atoms with Gasteiger partial charge in [-0.3, -0.25) is 0 Å². The van der Waals surface area contributed by atoms with Crippen molar-refractivity contribution in [1.29, 1.82) is 5.26 Å². The number of anilines is 1. The van der Waals surface area contributed by atoms with Crippen LogP contribution in [0, 0.1) is 11.3 Å². The molecule has 0 aliphatic carbocycles. The maximum atomic E-state index is 8.57. The first-order valence-electron chi connectivity index (χ1n) is 5.04. The minimum absolute atomic E-state index is 0.421. The molecule has 15 heavy (non-hydrogen) atoms. The molecule has 1 fully saturated rings. The second kappa shape index (κ2) is 4.60. The van der Waals surface area contributed by atoms with Crippen LogP contribution < -0.4 is 4.90 Å². The number of nitrogens with zero attached hydrogens (tertiary/aromatic N) is 4. The second-order valence-corrected chi connectivity index (χ2v) is 4.58. The molecule has 1 aliphatic rings. The Morgan fingerprint density at radius 1 is 1.47 bits per heavy atom. The highest BCUT2D eigenvalue weighted by Crippen LogP contribution is 2.21. The average Bonchev–Trinajstić information content (AvgIpc) is 2.68. The van der Waals surface area contributed by atoms with E-state index >= 15 is 0 Å². The molecule has 0 saturated carbocycles. The van der Waals surface area contributed by atoms with E-state index in [0.29, 0.717) is 6.42 Å². The zero-order valence-electron chi connectivity index (χ0n) is 8.81. The van der Waals surface area contributed by atoms with Gasteiger partial charge in [0.2, 0.25) is 0 Å². The van der Waals surface area contributed by atoms with Crippen LogP contribution in [0.3, 0.4) is 0 Å². The molecule has 2 heterocycles. The van der Waals surface area contributed by atoms with E-state index in [0.717, 1.165) is 37.0 Å². The third-order valence-corrected chi connectivity index (χ3v) is 3.52. The normalized spacial score (nSPS) is 17.7. The van der Waals surface area contributed by atoms with Crippen LogP contribution in [0.1, 0.15) is 5.69 Å². The van der Waals surface area contributed by atoms with Gasteiger partial charge in [-0.1, -0.05) is 0 Å². The summed E-state index contributed by atoms with van der Waals surface area (Å²) in [5, 5.41) is 11.6. The Morgan fingerprint density at radius 3 is 2.87 bits per heavy atom. The zero-order valence-corrected chi connectivity index (χ0v) is 9.63. The van der Waals surface area contributed by atoms with Crippen molar-refractivity contribution in [2.24, 2.45) is 0 Å². The number of hydrogen-bond donors (Lipinski definition) is 0. The topological polar surface area (TPSA) is 43.2 Å². The molecule has 0 amide bonds. The molecule has 0 bridgehead atoms. The van der Waals surface area contributed by atoms with Gasteiger partial charge in [0.25, 0.3) is 0 Å². The maximum absolute atomic E-state index is 8.57. The molecule has 0 radical (unpaired) electrons. The predicted octanol–water partition coefficient (Wildman–Crippen LogP) is 0.961. The fourth-order valence-electron chi connectivity index (χ4n) is 1.60. The van der Waals surface area contributed by atoms with Crippen LogP contribution in [-0.4, -0.2) is 43.1 Å². The van der Waals surface area contributed by atoms with Gasteiger partial charge in [0.15, 0.2) is 5.13 Å². The summed E-state index contributed by atoms with van der Waals surface area (Å²) < 4.78 is 0. The summed E-state index contributed by atoms with van der Waals surface area (Å²) in [7, 11) is 2.14. The second-order valence-electron chi connectivity index (χ2n) is 3.75. The zero-order chi connectivity index (χ0) is 10.7. The molecule has 0 aromatic carbocycles. The first-order chi connectivity index (χ1) is 7.29. The monoisotopic (exact) mass is 222 g/mol. The molecule has 1 aromatic rings. The van der Waals surface area contributed by atoms with Gasteiger partial charge in [0, 0.05) is 31.6 Å². The van der Waals surface area contributed by atoms with Crippen molar-refractivity contribution in [2.45, 2.75) is 6.42 Å².